The summed E-state index contributed by atoms with van der Waals surface area (Å²) in [6, 6.07) is 14.2. The number of fused-ring (bicyclic) bond motifs is 2. The van der Waals surface area contributed by atoms with Crippen LogP contribution in [-0.4, -0.2) is 72.7 Å². The zero-order chi connectivity index (χ0) is 43.4. The summed E-state index contributed by atoms with van der Waals surface area (Å²) >= 11 is 3.98. The first-order valence-electron chi connectivity index (χ1n) is 18.8. The maximum atomic E-state index is 11.9. The summed E-state index contributed by atoms with van der Waals surface area (Å²) in [4.78, 5) is 13.5. The van der Waals surface area contributed by atoms with Crippen LogP contribution in [0.25, 0.3) is 0 Å². The molecular formula is C41H49BrN2Na3O11S3+. The molecule has 2 aromatic rings. The molecule has 2 aliphatic heterocycles. The molecule has 1 unspecified atom stereocenters. The SMILES string of the molecule is O=S(=O)=O.O=S(=O)=O.[CH2-]CC[N+]1=C(C=CC2=C(Br)C(=CC=C3N(CCCC)c4cc[c-]cc4C3(C)CCCCC(=O)O)CCC2)C(C)(C)c2cc(S(=O)(=O)[O-])ccc21.[Na+].[Na+].[Na+]. The molecule has 3 aliphatic rings. The molecular weight excluding hydrogens is 942 g/mol. The van der Waals surface area contributed by atoms with E-state index in [1.807, 2.05) is 6.07 Å². The van der Waals surface area contributed by atoms with E-state index in [0.717, 1.165) is 72.9 Å². The number of carboxylic acids is 1. The molecule has 20 heteroatoms. The third-order valence-electron chi connectivity index (χ3n) is 10.5. The quantitative estimate of drug-likeness (QED) is 0.0750. The molecule has 0 fully saturated rings. The van der Waals surface area contributed by atoms with Crippen molar-refractivity contribution in [1.29, 1.82) is 0 Å². The van der Waals surface area contributed by atoms with Gasteiger partial charge in [0.15, 0.2) is 5.71 Å². The molecule has 5 rings (SSSR count). The molecule has 316 valence electrons. The van der Waals surface area contributed by atoms with Gasteiger partial charge >= 0.3 is 116 Å². The molecule has 2 heterocycles. The van der Waals surface area contributed by atoms with Crippen LogP contribution in [0.4, 0.5) is 11.4 Å². The number of hydrogen-bond donors (Lipinski definition) is 1. The molecule has 0 saturated heterocycles. The molecule has 0 amide bonds. The van der Waals surface area contributed by atoms with Gasteiger partial charge in [-0.15, -0.1) is 43.3 Å². The van der Waals surface area contributed by atoms with E-state index in [0.29, 0.717) is 19.4 Å². The monoisotopic (exact) mass is 989 g/mol. The molecule has 0 bridgehead atoms. The van der Waals surface area contributed by atoms with E-state index in [2.05, 4.69) is 103 Å². The maximum Gasteiger partial charge on any atom is 1.00 e. The number of rotatable bonds is 14. The summed E-state index contributed by atoms with van der Waals surface area (Å²) in [5.74, 6) is -0.752. The number of aliphatic carboxylic acids is 1. The van der Waals surface area contributed by atoms with Crippen molar-refractivity contribution in [2.45, 2.75) is 108 Å². The van der Waals surface area contributed by atoms with Crippen LogP contribution in [-0.2, 0) is 47.0 Å². The van der Waals surface area contributed by atoms with Gasteiger partial charge in [-0.2, -0.15) is 22.8 Å². The molecule has 1 N–H and O–H groups in total. The van der Waals surface area contributed by atoms with Crippen molar-refractivity contribution < 1.29 is 141 Å². The Labute approximate surface area is 438 Å². The van der Waals surface area contributed by atoms with Crippen molar-refractivity contribution in [3.63, 3.8) is 0 Å². The van der Waals surface area contributed by atoms with Crippen molar-refractivity contribution in [3.05, 3.63) is 106 Å². The first-order chi connectivity index (χ1) is 27.2. The molecule has 0 aromatic heterocycles. The number of hydrogen-bond acceptors (Lipinski definition) is 11. The Morgan fingerprint density at radius 2 is 1.62 bits per heavy atom. The van der Waals surface area contributed by atoms with Gasteiger partial charge in [-0.25, -0.2) is 8.42 Å². The minimum absolute atomic E-state index is 0. The fourth-order valence-corrected chi connectivity index (χ4v) is 8.95. The van der Waals surface area contributed by atoms with Gasteiger partial charge in [0.05, 0.1) is 10.3 Å². The van der Waals surface area contributed by atoms with E-state index in [1.165, 1.54) is 40.2 Å². The van der Waals surface area contributed by atoms with E-state index >= 15 is 0 Å². The Morgan fingerprint density at radius 3 is 2.20 bits per heavy atom. The van der Waals surface area contributed by atoms with Crippen LogP contribution in [0.1, 0.15) is 103 Å². The van der Waals surface area contributed by atoms with Crippen LogP contribution in [0, 0.1) is 13.0 Å². The topological polar surface area (TPSA) is 203 Å². The van der Waals surface area contributed by atoms with Crippen LogP contribution in [0.5, 0.6) is 0 Å². The van der Waals surface area contributed by atoms with Crippen molar-refractivity contribution >= 4 is 70.3 Å². The zero-order valence-electron chi connectivity index (χ0n) is 36.0. The van der Waals surface area contributed by atoms with Crippen LogP contribution in [0.3, 0.4) is 0 Å². The number of benzene rings is 2. The second-order valence-corrected chi connectivity index (χ2v) is 17.7. The Balaban J connectivity index is 0.00000301. The van der Waals surface area contributed by atoms with Gasteiger partial charge < -0.3 is 21.5 Å². The molecule has 2 aromatic carbocycles. The van der Waals surface area contributed by atoms with Gasteiger partial charge in [0.1, 0.15) is 16.7 Å². The fraction of sp³-hybridized carbons (Fsp3) is 0.439. The van der Waals surface area contributed by atoms with E-state index < -0.39 is 42.7 Å². The summed E-state index contributed by atoms with van der Waals surface area (Å²) < 4.78 is 89.5. The molecule has 1 atom stereocenters. The van der Waals surface area contributed by atoms with Gasteiger partial charge in [-0.3, -0.25) is 4.79 Å². The Bertz CT molecular complexity index is 2340. The van der Waals surface area contributed by atoms with Gasteiger partial charge in [0.2, 0.25) is 5.69 Å². The van der Waals surface area contributed by atoms with E-state index in [1.54, 1.807) is 6.07 Å². The second kappa shape index (κ2) is 27.4. The van der Waals surface area contributed by atoms with Gasteiger partial charge in [0, 0.05) is 40.9 Å². The first-order valence-corrected chi connectivity index (χ1v) is 23.0. The van der Waals surface area contributed by atoms with Crippen LogP contribution < -0.4 is 93.6 Å². The molecule has 0 radical (unpaired) electrons. The Morgan fingerprint density at radius 1 is 0.984 bits per heavy atom. The normalized spacial score (nSPS) is 18.8. The molecule has 0 saturated carbocycles. The fourth-order valence-electron chi connectivity index (χ4n) is 7.79. The second-order valence-electron chi connectivity index (χ2n) is 14.7. The minimum Gasteiger partial charge on any atom is -0.744 e. The zero-order valence-corrected chi connectivity index (χ0v) is 46.0. The van der Waals surface area contributed by atoms with Crippen molar-refractivity contribution in [2.75, 3.05) is 18.0 Å². The molecule has 13 nitrogen and oxygen atoms in total. The van der Waals surface area contributed by atoms with Gasteiger partial charge in [-0.05, 0) is 87.1 Å². The maximum absolute atomic E-state index is 11.9. The minimum atomic E-state index is -4.58. The largest absolute Gasteiger partial charge is 1.00 e. The smallest absolute Gasteiger partial charge is 0.744 e. The van der Waals surface area contributed by atoms with Gasteiger partial charge in [-0.1, -0.05) is 60.5 Å². The number of nitrogens with zero attached hydrogens (tertiary/aromatic N) is 2. The van der Waals surface area contributed by atoms with Crippen molar-refractivity contribution in [2.24, 2.45) is 0 Å². The summed E-state index contributed by atoms with van der Waals surface area (Å²) in [5.41, 5.74) is 8.13. The third-order valence-corrected chi connectivity index (χ3v) is 12.4. The van der Waals surface area contributed by atoms with E-state index in [-0.39, 0.29) is 105 Å². The number of carbonyl (C=O) groups is 1. The predicted octanol–water partition coefficient (Wildman–Crippen LogP) is -1.58. The van der Waals surface area contributed by atoms with Crippen LogP contribution in [0.2, 0.25) is 0 Å². The average molecular weight is 991 g/mol. The first kappa shape index (κ1) is 60.0. The predicted molar refractivity (Wildman–Crippen MR) is 223 cm³/mol. The molecule has 1 aliphatic carbocycles. The third kappa shape index (κ3) is 16.4. The standard InChI is InChI=1S/C41H50BrN2O5S.3Na.2O3S/c1-6-8-27-44-34-17-10-9-16-32(34)41(5,25-12-11-18-38(45)46)37(44)24-20-30-15-13-14-29(39(30)42)19-23-36-40(3,4)33-28-31(50(47,48)49)21-22-35(33)43(36)26-7-2;;;;2*1-4(2)3/h10,16-17,19-24,28H,2,6-8,11-15,18,25-27H2,1,3-5H3,(H,45,46)(H,47,48,49);;;;;/q-1;3*+1;;/p-1. The van der Waals surface area contributed by atoms with Crippen LogP contribution >= 0.6 is 15.9 Å². The summed E-state index contributed by atoms with van der Waals surface area (Å²) in [6.07, 6.45) is 17.1. The van der Waals surface area contributed by atoms with E-state index in [9.17, 15) is 22.9 Å². The molecule has 61 heavy (non-hydrogen) atoms. The Hall–Kier alpha value is -1.03. The number of allylic oxidation sites excluding steroid dienone is 8. The number of unbranched alkanes of at least 4 members (excludes halogenated alkanes) is 2. The number of halogens is 1. The van der Waals surface area contributed by atoms with E-state index in [4.69, 9.17) is 25.3 Å². The summed E-state index contributed by atoms with van der Waals surface area (Å²) in [5, 5.41) is 9.25. The number of anilines is 1. The average Bonchev–Trinajstić information content (AvgIpc) is 3.50. The van der Waals surface area contributed by atoms with Crippen molar-refractivity contribution in [1.82, 2.24) is 0 Å². The summed E-state index contributed by atoms with van der Waals surface area (Å²) in [6.45, 7) is 14.3. The Kier molecular flexibility index (Phi) is 27.0. The van der Waals surface area contributed by atoms with Crippen molar-refractivity contribution in [3.8, 4) is 0 Å². The van der Waals surface area contributed by atoms with Gasteiger partial charge in [0.25, 0.3) is 0 Å². The number of carboxylic acid groups (broad SMARTS) is 1. The summed E-state index contributed by atoms with van der Waals surface area (Å²) in [7, 11) is -10.8. The van der Waals surface area contributed by atoms with Crippen LogP contribution in [0.15, 0.2) is 86.9 Å². The molecule has 0 spiro atoms.